The van der Waals surface area contributed by atoms with E-state index < -0.39 is 31.5 Å². The third-order valence-electron chi connectivity index (χ3n) is 7.13. The SMILES string of the molecule is CC(C)(C)OC(=O)NC[C@H]1OB2OC(C)(C)COc3ccc(Br)c1c32.CC1(C)COc2ccc(Br)c3c2B(O[C@@H]3CN)O1.Cl.Cl. The molecule has 2 aromatic carbocycles. The fourth-order valence-electron chi connectivity index (χ4n) is 5.28. The highest BCUT2D eigenvalue weighted by Gasteiger charge is 2.47. The Morgan fingerprint density at radius 3 is 1.78 bits per heavy atom. The quantitative estimate of drug-likeness (QED) is 0.408. The molecule has 0 aromatic heterocycles. The van der Waals surface area contributed by atoms with Gasteiger partial charge < -0.3 is 43.9 Å². The van der Waals surface area contributed by atoms with Gasteiger partial charge in [0.15, 0.2) is 0 Å². The molecule has 10 nitrogen and oxygen atoms in total. The Morgan fingerprint density at radius 1 is 0.889 bits per heavy atom. The van der Waals surface area contributed by atoms with Crippen molar-refractivity contribution in [2.24, 2.45) is 5.73 Å². The second-order valence-electron chi connectivity index (χ2n) is 13.1. The largest absolute Gasteiger partial charge is 0.499 e. The molecule has 0 radical (unpaired) electrons. The van der Waals surface area contributed by atoms with Crippen molar-refractivity contribution in [3.8, 4) is 11.5 Å². The summed E-state index contributed by atoms with van der Waals surface area (Å²) in [5, 5.41) is 2.77. The molecule has 0 bridgehead atoms. The van der Waals surface area contributed by atoms with Gasteiger partial charge in [-0.1, -0.05) is 31.9 Å². The number of hydrogen-bond donors (Lipinski definition) is 2. The highest BCUT2D eigenvalue weighted by atomic mass is 79.9. The van der Waals surface area contributed by atoms with Crippen LogP contribution >= 0.6 is 56.7 Å². The Hall–Kier alpha value is -1.22. The molecule has 6 rings (SSSR count). The summed E-state index contributed by atoms with van der Waals surface area (Å²) in [6.07, 6.45) is -0.964. The van der Waals surface area contributed by atoms with Gasteiger partial charge in [0.2, 0.25) is 0 Å². The predicted octanol–water partition coefficient (Wildman–Crippen LogP) is 5.13. The Bertz CT molecular complexity index is 1400. The van der Waals surface area contributed by atoms with Gasteiger partial charge in [-0.15, -0.1) is 24.8 Å². The first-order valence-corrected chi connectivity index (χ1v) is 15.9. The van der Waals surface area contributed by atoms with Crippen LogP contribution in [0.15, 0.2) is 33.2 Å². The third kappa shape index (κ3) is 8.63. The molecular weight excluding hydrogens is 757 g/mol. The lowest BCUT2D eigenvalue weighted by Crippen LogP contribution is -2.41. The number of nitrogens with one attached hydrogen (secondary N) is 1. The van der Waals surface area contributed by atoms with Gasteiger partial charge in [0, 0.05) is 33.0 Å². The van der Waals surface area contributed by atoms with E-state index in [-0.39, 0.29) is 49.2 Å². The zero-order valence-electron chi connectivity index (χ0n) is 26.4. The Morgan fingerprint density at radius 2 is 1.33 bits per heavy atom. The average molecular weight is 797 g/mol. The van der Waals surface area contributed by atoms with Crippen LogP contribution in [0.3, 0.4) is 0 Å². The number of halogens is 4. The topological polar surface area (TPSA) is 120 Å². The summed E-state index contributed by atoms with van der Waals surface area (Å²) < 4.78 is 43.0. The zero-order valence-corrected chi connectivity index (χ0v) is 31.2. The summed E-state index contributed by atoms with van der Waals surface area (Å²) in [5.41, 5.74) is 8.23. The fraction of sp³-hybridized carbons (Fsp3) is 0.552. The molecule has 0 fully saturated rings. The first-order chi connectivity index (χ1) is 20.1. The predicted molar refractivity (Wildman–Crippen MR) is 186 cm³/mol. The number of rotatable bonds is 3. The highest BCUT2D eigenvalue weighted by Crippen LogP contribution is 2.38. The van der Waals surface area contributed by atoms with Crippen molar-refractivity contribution in [3.63, 3.8) is 0 Å². The molecule has 0 unspecified atom stereocenters. The smallest absolute Gasteiger partial charge is 0.491 e. The number of nitrogens with two attached hydrogens (primary N) is 1. The summed E-state index contributed by atoms with van der Waals surface area (Å²) in [5.74, 6) is 1.59. The summed E-state index contributed by atoms with van der Waals surface area (Å²) >= 11 is 7.13. The van der Waals surface area contributed by atoms with Crippen molar-refractivity contribution in [1.29, 1.82) is 0 Å². The zero-order chi connectivity index (χ0) is 31.3. The number of carbonyl (C=O) groups is 1. The number of carbonyl (C=O) groups excluding carboxylic acids is 1. The van der Waals surface area contributed by atoms with Crippen LogP contribution in [0.4, 0.5) is 4.79 Å². The Labute approximate surface area is 294 Å². The summed E-state index contributed by atoms with van der Waals surface area (Å²) in [6.45, 7) is 15.0. The minimum absolute atomic E-state index is 0. The van der Waals surface area contributed by atoms with Crippen LogP contribution in [-0.2, 0) is 23.4 Å². The molecule has 2 aromatic rings. The maximum Gasteiger partial charge on any atom is 0.499 e. The van der Waals surface area contributed by atoms with Gasteiger partial charge in [-0.2, -0.15) is 0 Å². The van der Waals surface area contributed by atoms with Gasteiger partial charge >= 0.3 is 20.3 Å². The van der Waals surface area contributed by atoms with Gasteiger partial charge in [-0.05, 0) is 83.9 Å². The second kappa shape index (κ2) is 14.5. The van der Waals surface area contributed by atoms with Crippen LogP contribution < -0.4 is 31.4 Å². The number of amides is 1. The normalized spacial score (nSPS) is 21.6. The Kier molecular flexibility index (Phi) is 12.3. The van der Waals surface area contributed by atoms with Crippen LogP contribution in [0.25, 0.3) is 0 Å². The minimum Gasteiger partial charge on any atom is -0.491 e. The molecule has 4 aliphatic heterocycles. The van der Waals surface area contributed by atoms with Gasteiger partial charge in [0.25, 0.3) is 0 Å². The van der Waals surface area contributed by atoms with Gasteiger partial charge in [-0.25, -0.2) is 4.79 Å². The lowest BCUT2D eigenvalue weighted by atomic mass is 9.77. The molecule has 0 saturated heterocycles. The number of benzene rings is 2. The van der Waals surface area contributed by atoms with E-state index in [9.17, 15) is 4.79 Å². The molecule has 0 spiro atoms. The van der Waals surface area contributed by atoms with Crippen molar-refractivity contribution >= 4 is 87.9 Å². The minimum atomic E-state index is -0.545. The monoisotopic (exact) mass is 794 g/mol. The molecule has 0 aliphatic carbocycles. The first kappa shape index (κ1) is 38.2. The molecule has 0 saturated carbocycles. The molecule has 16 heteroatoms. The molecule has 248 valence electrons. The van der Waals surface area contributed by atoms with E-state index in [1.165, 1.54) is 0 Å². The van der Waals surface area contributed by atoms with E-state index in [1.54, 1.807) is 0 Å². The average Bonchev–Trinajstić information content (AvgIpc) is 3.37. The van der Waals surface area contributed by atoms with Crippen molar-refractivity contribution in [2.75, 3.05) is 26.3 Å². The molecule has 45 heavy (non-hydrogen) atoms. The number of hydrogen-bond acceptors (Lipinski definition) is 9. The molecule has 3 N–H and O–H groups in total. The second-order valence-corrected chi connectivity index (χ2v) is 14.8. The molecular formula is C29H40B2Br2Cl2N2O8. The van der Waals surface area contributed by atoms with E-state index in [4.69, 9.17) is 38.6 Å². The highest BCUT2D eigenvalue weighted by molar-refractivity contribution is 9.10. The van der Waals surface area contributed by atoms with E-state index in [0.29, 0.717) is 19.8 Å². The first-order valence-electron chi connectivity index (χ1n) is 14.3. The van der Waals surface area contributed by atoms with Crippen molar-refractivity contribution in [2.45, 2.75) is 77.5 Å². The van der Waals surface area contributed by atoms with Crippen molar-refractivity contribution < 1.29 is 37.6 Å². The number of ether oxygens (including phenoxy) is 3. The van der Waals surface area contributed by atoms with Gasteiger partial charge in [0.05, 0.1) is 23.4 Å². The third-order valence-corrected chi connectivity index (χ3v) is 8.51. The number of alkyl carbamates (subject to hydrolysis) is 1. The standard InChI is InChI=1S/C17H23BBrNO5.C12H15BBrNO3.2ClH/c1-16(2,3)23-15(21)20-8-12-13-10(19)6-7-11-14(13)18(24-12)25-17(4,5)9-22-11;1-12(2)6-16-8-4-3-7(14)10-9(5-15)17-13(18-12)11(8)10;;/h6-7,12H,8-9H2,1-5H3,(H,20,21);3-4,9H,5-6,15H2,1-2H3;2*1H/t12-;9-;;/m11../s1. The van der Waals surface area contributed by atoms with E-state index in [0.717, 1.165) is 42.5 Å². The summed E-state index contributed by atoms with van der Waals surface area (Å²) in [4.78, 5) is 11.9. The van der Waals surface area contributed by atoms with Crippen molar-refractivity contribution in [3.05, 3.63) is 44.3 Å². The van der Waals surface area contributed by atoms with Gasteiger partial charge in [0.1, 0.15) is 30.3 Å². The summed E-state index contributed by atoms with van der Waals surface area (Å²) in [7, 11) is -0.913. The van der Waals surface area contributed by atoms with Crippen LogP contribution in [0.1, 0.15) is 71.8 Å². The molecule has 1 amide bonds. The van der Waals surface area contributed by atoms with Gasteiger partial charge in [-0.3, -0.25) is 0 Å². The van der Waals surface area contributed by atoms with E-state index in [1.807, 2.05) is 72.7 Å². The van der Waals surface area contributed by atoms with Crippen molar-refractivity contribution in [1.82, 2.24) is 5.32 Å². The molecule has 4 aliphatic rings. The van der Waals surface area contributed by atoms with Crippen LogP contribution in [0.5, 0.6) is 11.5 Å². The Balaban J connectivity index is 0.000000246. The molecule has 4 heterocycles. The van der Waals surface area contributed by atoms with E-state index in [2.05, 4.69) is 37.2 Å². The summed E-state index contributed by atoms with van der Waals surface area (Å²) in [6, 6.07) is 7.76. The maximum atomic E-state index is 11.9. The lowest BCUT2D eigenvalue weighted by Gasteiger charge is -2.25. The fourth-order valence-corrected chi connectivity index (χ4v) is 6.48. The molecule has 2 atom stereocenters. The maximum absolute atomic E-state index is 11.9. The van der Waals surface area contributed by atoms with Crippen LogP contribution in [0, 0.1) is 0 Å². The van der Waals surface area contributed by atoms with Crippen LogP contribution in [-0.4, -0.2) is 63.4 Å². The van der Waals surface area contributed by atoms with E-state index >= 15 is 0 Å². The van der Waals surface area contributed by atoms with Crippen LogP contribution in [0.2, 0.25) is 0 Å². The lowest BCUT2D eigenvalue weighted by molar-refractivity contribution is 0.0249.